The van der Waals surface area contributed by atoms with Gasteiger partial charge in [0.05, 0.1) is 22.8 Å². The Labute approximate surface area is 186 Å². The number of nitrogens with zero attached hydrogens (tertiary/aromatic N) is 4. The van der Waals surface area contributed by atoms with Crippen LogP contribution in [0.25, 0.3) is 21.7 Å². The number of aromatic nitrogens is 3. The molecular weight excluding hydrogens is 402 g/mol. The average molecular weight is 430 g/mol. The van der Waals surface area contributed by atoms with Gasteiger partial charge in [-0.2, -0.15) is 5.10 Å². The van der Waals surface area contributed by atoms with E-state index in [1.807, 2.05) is 65.3 Å². The zero-order valence-electron chi connectivity index (χ0n) is 18.4. The fourth-order valence-electron chi connectivity index (χ4n) is 4.66. The number of rotatable bonds is 4. The summed E-state index contributed by atoms with van der Waals surface area (Å²) >= 11 is 0. The highest BCUT2D eigenvalue weighted by molar-refractivity contribution is 5.95. The molecule has 1 atom stereocenters. The van der Waals surface area contributed by atoms with Crippen LogP contribution in [0.2, 0.25) is 0 Å². The van der Waals surface area contributed by atoms with Gasteiger partial charge in [-0.1, -0.05) is 12.1 Å². The molecule has 7 heteroatoms. The molecule has 164 valence electrons. The number of likely N-dealkylation sites (tertiary alicyclic amines) is 1. The number of hydrogen-bond acceptors (Lipinski definition) is 4. The van der Waals surface area contributed by atoms with E-state index in [1.165, 1.54) is 4.57 Å². The highest BCUT2D eigenvalue weighted by Crippen LogP contribution is 2.26. The van der Waals surface area contributed by atoms with Gasteiger partial charge in [-0.25, -0.2) is 0 Å². The van der Waals surface area contributed by atoms with Crippen LogP contribution >= 0.6 is 0 Å². The van der Waals surface area contributed by atoms with Crippen LogP contribution in [0.15, 0.2) is 59.7 Å². The van der Waals surface area contributed by atoms with Crippen molar-refractivity contribution in [2.45, 2.75) is 38.8 Å². The van der Waals surface area contributed by atoms with Crippen LogP contribution in [0.5, 0.6) is 0 Å². The van der Waals surface area contributed by atoms with Crippen molar-refractivity contribution < 1.29 is 4.79 Å². The summed E-state index contributed by atoms with van der Waals surface area (Å²) in [5.41, 5.74) is 2.49. The van der Waals surface area contributed by atoms with Gasteiger partial charge in [0.25, 0.3) is 5.56 Å². The lowest BCUT2D eigenvalue weighted by Crippen LogP contribution is -2.44. The number of hydrogen-bond donors (Lipinski definition) is 1. The minimum Gasteiger partial charge on any atom is -0.355 e. The number of nitrogens with one attached hydrogen (secondary N) is 1. The second-order valence-electron chi connectivity index (χ2n) is 8.62. The van der Waals surface area contributed by atoms with Crippen molar-refractivity contribution in [3.8, 4) is 0 Å². The molecule has 0 aliphatic carbocycles. The van der Waals surface area contributed by atoms with Crippen LogP contribution in [0.1, 0.15) is 26.2 Å². The van der Waals surface area contributed by atoms with Gasteiger partial charge < -0.3 is 14.8 Å². The molecule has 1 aliphatic rings. The fraction of sp³-hybridized carbons (Fsp3) is 0.320. The fourth-order valence-corrected chi connectivity index (χ4v) is 4.66. The Bertz CT molecular complexity index is 1370. The maximum atomic E-state index is 13.4. The number of carbonyl (C=O) groups is 1. The Morgan fingerprint density at radius 3 is 2.88 bits per heavy atom. The summed E-state index contributed by atoms with van der Waals surface area (Å²) in [4.78, 5) is 28.2. The van der Waals surface area contributed by atoms with Crippen molar-refractivity contribution in [3.05, 3.63) is 65.2 Å². The van der Waals surface area contributed by atoms with Crippen LogP contribution in [0, 0.1) is 0 Å². The van der Waals surface area contributed by atoms with Crippen molar-refractivity contribution in [1.82, 2.24) is 19.2 Å². The predicted molar refractivity (Wildman–Crippen MR) is 127 cm³/mol. The Hall–Kier alpha value is -3.61. The first kappa shape index (κ1) is 20.3. The Morgan fingerprint density at radius 1 is 1.16 bits per heavy atom. The monoisotopic (exact) mass is 429 g/mol. The molecule has 1 N–H and O–H groups in total. The summed E-state index contributed by atoms with van der Waals surface area (Å²) in [7, 11) is 1.91. The smallest absolute Gasteiger partial charge is 0.261 e. The lowest BCUT2D eigenvalue weighted by atomic mass is 10.0. The topological polar surface area (TPSA) is 72.2 Å². The van der Waals surface area contributed by atoms with Gasteiger partial charge in [0, 0.05) is 36.9 Å². The lowest BCUT2D eigenvalue weighted by Gasteiger charge is -2.33. The number of piperidine rings is 1. The summed E-state index contributed by atoms with van der Waals surface area (Å²) in [6.07, 6.45) is 6.75. The molecule has 1 fully saturated rings. The lowest BCUT2D eigenvalue weighted by molar-refractivity contribution is -0.135. The summed E-state index contributed by atoms with van der Waals surface area (Å²) < 4.78 is 3.36. The Balaban J connectivity index is 1.48. The quantitative estimate of drug-likeness (QED) is 0.532. The van der Waals surface area contributed by atoms with Gasteiger partial charge in [-0.15, -0.1) is 0 Å². The molecule has 4 aromatic rings. The van der Waals surface area contributed by atoms with Crippen molar-refractivity contribution in [2.24, 2.45) is 7.05 Å². The number of fused-ring (bicyclic) bond motifs is 2. The number of anilines is 2. The van der Waals surface area contributed by atoms with Crippen LogP contribution in [0.3, 0.4) is 0 Å². The molecule has 0 saturated carbocycles. The molecule has 1 aliphatic heterocycles. The number of benzene rings is 2. The number of carbonyl (C=O) groups excluding carboxylic acids is 1. The highest BCUT2D eigenvalue weighted by atomic mass is 16.2. The maximum Gasteiger partial charge on any atom is 0.261 e. The molecule has 2 aromatic carbocycles. The highest BCUT2D eigenvalue weighted by Gasteiger charge is 2.23. The SMILES string of the molecule is C[C@@H]1CCCCN1C(=O)Cn1ccc2cccc(Nc3ccc4c(cnn4C)c3)c2c1=O. The number of pyridine rings is 1. The van der Waals surface area contributed by atoms with Gasteiger partial charge in [-0.05, 0) is 61.9 Å². The van der Waals surface area contributed by atoms with Crippen molar-refractivity contribution in [1.29, 1.82) is 0 Å². The summed E-state index contributed by atoms with van der Waals surface area (Å²) in [6.45, 7) is 2.92. The van der Waals surface area contributed by atoms with E-state index >= 15 is 0 Å². The zero-order valence-corrected chi connectivity index (χ0v) is 18.4. The van der Waals surface area contributed by atoms with E-state index in [0.717, 1.165) is 53.5 Å². The van der Waals surface area contributed by atoms with Gasteiger partial charge in [0.1, 0.15) is 6.54 Å². The van der Waals surface area contributed by atoms with Crippen molar-refractivity contribution in [3.63, 3.8) is 0 Å². The molecule has 5 rings (SSSR count). The van der Waals surface area contributed by atoms with Crippen LogP contribution < -0.4 is 10.9 Å². The standard InChI is InChI=1S/C25H27N5O2/c1-17-6-3-4-12-30(17)23(31)16-29-13-11-18-7-5-8-21(24(18)25(29)32)27-20-9-10-22-19(14-20)15-26-28(22)2/h5,7-11,13-15,17,27H,3-4,6,12,16H2,1-2H3/t17-/m1/s1. The third kappa shape index (κ3) is 3.64. The van der Waals surface area contributed by atoms with Gasteiger partial charge in [0.2, 0.25) is 5.91 Å². The third-order valence-corrected chi connectivity index (χ3v) is 6.46. The molecule has 1 amide bonds. The molecular formula is C25H27N5O2. The van der Waals surface area contributed by atoms with Gasteiger partial charge >= 0.3 is 0 Å². The molecule has 0 bridgehead atoms. The molecule has 3 heterocycles. The zero-order chi connectivity index (χ0) is 22.2. The van der Waals surface area contributed by atoms with Crippen LogP contribution in [0.4, 0.5) is 11.4 Å². The minimum absolute atomic E-state index is 0.00567. The van der Waals surface area contributed by atoms with Crippen molar-refractivity contribution >= 4 is 39.0 Å². The van der Waals surface area contributed by atoms with E-state index < -0.39 is 0 Å². The van der Waals surface area contributed by atoms with E-state index in [2.05, 4.69) is 17.3 Å². The van der Waals surface area contributed by atoms with Gasteiger partial charge in [0.15, 0.2) is 0 Å². The van der Waals surface area contributed by atoms with E-state index in [4.69, 9.17) is 0 Å². The molecule has 0 spiro atoms. The van der Waals surface area contributed by atoms with E-state index in [9.17, 15) is 9.59 Å². The first-order valence-electron chi connectivity index (χ1n) is 11.1. The Kier molecular flexibility index (Phi) is 5.17. The normalized spacial score (nSPS) is 16.6. The second kappa shape index (κ2) is 8.15. The minimum atomic E-state index is -0.161. The molecule has 1 saturated heterocycles. The molecule has 0 unspecified atom stereocenters. The van der Waals surface area contributed by atoms with Crippen LogP contribution in [-0.2, 0) is 18.4 Å². The summed E-state index contributed by atoms with van der Waals surface area (Å²) in [5.74, 6) is 0.00567. The third-order valence-electron chi connectivity index (χ3n) is 6.46. The second-order valence-corrected chi connectivity index (χ2v) is 8.62. The largest absolute Gasteiger partial charge is 0.355 e. The van der Waals surface area contributed by atoms with Crippen molar-refractivity contribution in [2.75, 3.05) is 11.9 Å². The van der Waals surface area contributed by atoms with E-state index in [1.54, 1.807) is 6.20 Å². The molecule has 0 radical (unpaired) electrons. The van der Waals surface area contributed by atoms with E-state index in [-0.39, 0.29) is 24.1 Å². The molecule has 2 aromatic heterocycles. The number of aryl methyl sites for hydroxylation is 1. The summed E-state index contributed by atoms with van der Waals surface area (Å²) in [5, 5.41) is 10.1. The molecule has 7 nitrogen and oxygen atoms in total. The first-order chi connectivity index (χ1) is 15.5. The maximum absolute atomic E-state index is 13.4. The van der Waals surface area contributed by atoms with E-state index in [0.29, 0.717) is 5.39 Å². The predicted octanol–water partition coefficient (Wildman–Crippen LogP) is 4.03. The van der Waals surface area contributed by atoms with Crippen LogP contribution in [-0.4, -0.2) is 37.7 Å². The van der Waals surface area contributed by atoms with Gasteiger partial charge in [-0.3, -0.25) is 14.3 Å². The summed E-state index contributed by atoms with van der Waals surface area (Å²) in [6, 6.07) is 13.9. The molecule has 32 heavy (non-hydrogen) atoms. The number of amides is 1. The Morgan fingerprint density at radius 2 is 2.03 bits per heavy atom. The average Bonchev–Trinajstić information content (AvgIpc) is 3.16. The first-order valence-corrected chi connectivity index (χ1v) is 11.1.